The van der Waals surface area contributed by atoms with Crippen LogP contribution in [0.4, 0.5) is 0 Å². The summed E-state index contributed by atoms with van der Waals surface area (Å²) in [6, 6.07) is 12.5. The van der Waals surface area contributed by atoms with Crippen LogP contribution in [0.1, 0.15) is 64.0 Å². The standard InChI is InChI=1S/C27H25N3O2S2/c1-14-25(33-15(2)28-14)20-11-8-17-12-18(9-10-19(17)29-20)24-23(16-6-4-3-5-7-16)26-21(30-24)13-22(34-26)27(31)32/h8-13,16,30H,3-7H2,1-2H3,(H,31,32). The van der Waals surface area contributed by atoms with Crippen LogP contribution in [0.3, 0.4) is 0 Å². The number of hydrogen-bond acceptors (Lipinski definition) is 5. The van der Waals surface area contributed by atoms with E-state index in [1.807, 2.05) is 13.8 Å². The quantitative estimate of drug-likeness (QED) is 0.270. The van der Waals surface area contributed by atoms with Crippen LogP contribution < -0.4 is 0 Å². The summed E-state index contributed by atoms with van der Waals surface area (Å²) in [7, 11) is 0. The minimum absolute atomic E-state index is 0.397. The average Bonchev–Trinajstić information content (AvgIpc) is 3.51. The molecule has 0 atom stereocenters. The molecule has 4 heterocycles. The van der Waals surface area contributed by atoms with E-state index in [9.17, 15) is 9.90 Å². The number of aromatic nitrogens is 3. The van der Waals surface area contributed by atoms with Crippen LogP contribution in [-0.2, 0) is 0 Å². The summed E-state index contributed by atoms with van der Waals surface area (Å²) in [5.74, 6) is -0.392. The third kappa shape index (κ3) is 3.63. The third-order valence-corrected chi connectivity index (χ3v) is 9.10. The van der Waals surface area contributed by atoms with E-state index < -0.39 is 5.97 Å². The molecule has 0 spiro atoms. The molecule has 7 heteroatoms. The molecule has 1 aromatic carbocycles. The zero-order valence-corrected chi connectivity index (χ0v) is 20.8. The largest absolute Gasteiger partial charge is 0.477 e. The molecule has 2 N–H and O–H groups in total. The van der Waals surface area contributed by atoms with E-state index in [4.69, 9.17) is 4.98 Å². The Morgan fingerprint density at radius 2 is 1.85 bits per heavy atom. The number of nitrogens with zero attached hydrogens (tertiary/aromatic N) is 2. The van der Waals surface area contributed by atoms with Crippen LogP contribution >= 0.6 is 22.7 Å². The molecule has 5 aromatic rings. The van der Waals surface area contributed by atoms with Crippen molar-refractivity contribution in [2.24, 2.45) is 0 Å². The van der Waals surface area contributed by atoms with Gasteiger partial charge in [-0.25, -0.2) is 14.8 Å². The van der Waals surface area contributed by atoms with Crippen molar-refractivity contribution >= 4 is 49.8 Å². The second kappa shape index (κ2) is 8.32. The monoisotopic (exact) mass is 487 g/mol. The van der Waals surface area contributed by atoms with Crippen LogP contribution in [0.25, 0.3) is 42.9 Å². The summed E-state index contributed by atoms with van der Waals surface area (Å²) in [6.45, 7) is 4.06. The fourth-order valence-corrected chi connectivity index (χ4v) is 7.26. The number of thiophene rings is 1. The predicted octanol–water partition coefficient (Wildman–Crippen LogP) is 7.93. The van der Waals surface area contributed by atoms with Crippen LogP contribution in [0, 0.1) is 13.8 Å². The average molecular weight is 488 g/mol. The Kier molecular flexibility index (Phi) is 5.26. The van der Waals surface area contributed by atoms with Crippen LogP contribution in [0.2, 0.25) is 0 Å². The van der Waals surface area contributed by atoms with Gasteiger partial charge in [-0.15, -0.1) is 22.7 Å². The highest BCUT2D eigenvalue weighted by atomic mass is 32.1. The maximum atomic E-state index is 11.6. The Bertz CT molecular complexity index is 1550. The van der Waals surface area contributed by atoms with Gasteiger partial charge < -0.3 is 10.1 Å². The number of H-pyrrole nitrogens is 1. The van der Waals surface area contributed by atoms with E-state index in [0.717, 1.165) is 66.5 Å². The molecule has 4 aromatic heterocycles. The van der Waals surface area contributed by atoms with E-state index >= 15 is 0 Å². The van der Waals surface area contributed by atoms with Gasteiger partial charge in [-0.2, -0.15) is 0 Å². The van der Waals surface area contributed by atoms with Crippen molar-refractivity contribution in [1.29, 1.82) is 0 Å². The van der Waals surface area contributed by atoms with E-state index in [1.165, 1.54) is 36.2 Å². The number of aryl methyl sites for hydroxylation is 2. The summed E-state index contributed by atoms with van der Waals surface area (Å²) in [5, 5.41) is 11.7. The number of benzene rings is 1. The van der Waals surface area contributed by atoms with Crippen molar-refractivity contribution < 1.29 is 9.90 Å². The Morgan fingerprint density at radius 3 is 2.59 bits per heavy atom. The Hall–Kier alpha value is -3.03. The van der Waals surface area contributed by atoms with E-state index in [-0.39, 0.29) is 0 Å². The number of carboxylic acid groups (broad SMARTS) is 1. The normalized spacial score (nSPS) is 14.9. The maximum absolute atomic E-state index is 11.6. The number of fused-ring (bicyclic) bond motifs is 2. The van der Waals surface area contributed by atoms with Gasteiger partial charge in [-0.3, -0.25) is 0 Å². The molecule has 0 aliphatic heterocycles. The van der Waals surface area contributed by atoms with Crippen LogP contribution in [0.15, 0.2) is 36.4 Å². The molecular weight excluding hydrogens is 462 g/mol. The van der Waals surface area contributed by atoms with Crippen LogP contribution in [-0.4, -0.2) is 26.0 Å². The lowest BCUT2D eigenvalue weighted by Gasteiger charge is -2.22. The molecular formula is C27H25N3O2S2. The molecule has 0 radical (unpaired) electrons. The van der Waals surface area contributed by atoms with E-state index in [1.54, 1.807) is 17.4 Å². The summed E-state index contributed by atoms with van der Waals surface area (Å²) in [5.41, 5.74) is 7.45. The second-order valence-electron chi connectivity index (χ2n) is 9.16. The molecule has 0 saturated heterocycles. The molecule has 1 aliphatic carbocycles. The number of carboxylic acids is 1. The fourth-order valence-electron chi connectivity index (χ4n) is 5.29. The molecule has 0 unspecified atom stereocenters. The predicted molar refractivity (Wildman–Crippen MR) is 140 cm³/mol. The van der Waals surface area contributed by atoms with Gasteiger partial charge in [0.2, 0.25) is 0 Å². The Labute approximate surface area is 205 Å². The number of pyridine rings is 1. The van der Waals surface area contributed by atoms with Crippen molar-refractivity contribution in [1.82, 2.24) is 15.0 Å². The Morgan fingerprint density at radius 1 is 1.03 bits per heavy atom. The SMILES string of the molecule is Cc1nc(C)c(-c2ccc3cc(-c4[nH]c5cc(C(=O)O)sc5c4C4CCCCC4)ccc3n2)s1. The summed E-state index contributed by atoms with van der Waals surface area (Å²) < 4.78 is 1.10. The third-order valence-electron chi connectivity index (χ3n) is 6.84. The lowest BCUT2D eigenvalue weighted by Crippen LogP contribution is -2.05. The maximum Gasteiger partial charge on any atom is 0.345 e. The van der Waals surface area contributed by atoms with Gasteiger partial charge in [0, 0.05) is 5.39 Å². The molecule has 1 aliphatic rings. The van der Waals surface area contributed by atoms with Gasteiger partial charge in [0.1, 0.15) is 4.88 Å². The highest BCUT2D eigenvalue weighted by Crippen LogP contribution is 2.45. The molecule has 6 rings (SSSR count). The minimum atomic E-state index is -0.857. The van der Waals surface area contributed by atoms with Crippen molar-refractivity contribution in [3.05, 3.63) is 57.5 Å². The smallest absolute Gasteiger partial charge is 0.345 e. The van der Waals surface area contributed by atoms with Crippen LogP contribution in [0.5, 0.6) is 0 Å². The molecule has 0 amide bonds. The number of carbonyl (C=O) groups is 1. The molecule has 1 saturated carbocycles. The van der Waals surface area contributed by atoms with E-state index in [2.05, 4.69) is 40.3 Å². The number of thiazole rings is 1. The first-order valence-electron chi connectivity index (χ1n) is 11.7. The number of hydrogen-bond donors (Lipinski definition) is 2. The first kappa shape index (κ1) is 21.5. The topological polar surface area (TPSA) is 78.9 Å². The lowest BCUT2D eigenvalue weighted by molar-refractivity contribution is 0.0702. The van der Waals surface area contributed by atoms with Gasteiger partial charge in [0.15, 0.2) is 0 Å². The zero-order valence-electron chi connectivity index (χ0n) is 19.1. The highest BCUT2D eigenvalue weighted by molar-refractivity contribution is 7.21. The minimum Gasteiger partial charge on any atom is -0.477 e. The number of rotatable bonds is 4. The first-order chi connectivity index (χ1) is 16.5. The van der Waals surface area contributed by atoms with Crippen molar-refractivity contribution in [3.63, 3.8) is 0 Å². The second-order valence-corrected chi connectivity index (χ2v) is 11.4. The van der Waals surface area contributed by atoms with Gasteiger partial charge in [-0.05, 0) is 68.0 Å². The zero-order chi connectivity index (χ0) is 23.4. The van der Waals surface area contributed by atoms with Crippen molar-refractivity contribution in [3.8, 4) is 21.8 Å². The summed E-state index contributed by atoms with van der Waals surface area (Å²) in [6.07, 6.45) is 6.06. The molecule has 1 fully saturated rings. The molecule has 5 nitrogen and oxygen atoms in total. The van der Waals surface area contributed by atoms with Gasteiger partial charge in [-0.1, -0.05) is 31.4 Å². The number of aromatic amines is 1. The first-order valence-corrected chi connectivity index (χ1v) is 13.4. The summed E-state index contributed by atoms with van der Waals surface area (Å²) in [4.78, 5) is 26.2. The molecule has 172 valence electrons. The number of aromatic carboxylic acids is 1. The summed E-state index contributed by atoms with van der Waals surface area (Å²) >= 11 is 3.08. The molecule has 34 heavy (non-hydrogen) atoms. The number of nitrogens with one attached hydrogen (secondary N) is 1. The molecule has 0 bridgehead atoms. The lowest BCUT2D eigenvalue weighted by atomic mass is 9.83. The van der Waals surface area contributed by atoms with Gasteiger partial charge in [0.25, 0.3) is 0 Å². The van der Waals surface area contributed by atoms with Gasteiger partial charge >= 0.3 is 5.97 Å². The van der Waals surface area contributed by atoms with Crippen molar-refractivity contribution in [2.75, 3.05) is 0 Å². The fraction of sp³-hybridized carbons (Fsp3) is 0.296. The highest BCUT2D eigenvalue weighted by Gasteiger charge is 2.26. The van der Waals surface area contributed by atoms with Gasteiger partial charge in [0.05, 0.1) is 42.7 Å². The van der Waals surface area contributed by atoms with E-state index in [0.29, 0.717) is 10.8 Å². The Balaban J connectivity index is 1.46. The van der Waals surface area contributed by atoms with Crippen molar-refractivity contribution in [2.45, 2.75) is 51.9 Å².